The zero-order valence-corrected chi connectivity index (χ0v) is 11.0. The molecule has 0 saturated heterocycles. The maximum Gasteiger partial charge on any atom is 0.308 e. The molecule has 1 N–H and O–H groups in total. The van der Waals surface area contributed by atoms with Crippen molar-refractivity contribution in [2.24, 2.45) is 5.92 Å². The van der Waals surface area contributed by atoms with Gasteiger partial charge in [-0.2, -0.15) is 0 Å². The number of hydrogen-bond acceptors (Lipinski definition) is 3. The summed E-state index contributed by atoms with van der Waals surface area (Å²) in [7, 11) is 3.57. The largest absolute Gasteiger partial charge is 0.495 e. The van der Waals surface area contributed by atoms with Gasteiger partial charge in [-0.15, -0.1) is 0 Å². The third-order valence-electron chi connectivity index (χ3n) is 3.60. The lowest BCUT2D eigenvalue weighted by Gasteiger charge is -2.22. The zero-order chi connectivity index (χ0) is 13.3. The van der Waals surface area contributed by atoms with Gasteiger partial charge in [0.15, 0.2) is 0 Å². The number of carboxylic acid groups (broad SMARTS) is 1. The molecule has 1 aromatic carbocycles. The minimum Gasteiger partial charge on any atom is -0.495 e. The molecule has 2 unspecified atom stereocenters. The van der Waals surface area contributed by atoms with Gasteiger partial charge in [0, 0.05) is 13.1 Å². The van der Waals surface area contributed by atoms with Crippen LogP contribution in [0.25, 0.3) is 0 Å². The number of rotatable bonds is 5. The molecule has 1 saturated carbocycles. The van der Waals surface area contributed by atoms with E-state index in [1.165, 1.54) is 5.56 Å². The molecule has 4 heteroatoms. The van der Waals surface area contributed by atoms with Gasteiger partial charge in [0.1, 0.15) is 5.75 Å². The second-order valence-corrected chi connectivity index (χ2v) is 4.72. The van der Waals surface area contributed by atoms with E-state index in [4.69, 9.17) is 9.84 Å². The maximum atomic E-state index is 10.9. The number of carboxylic acids is 1. The van der Waals surface area contributed by atoms with E-state index in [1.54, 1.807) is 7.11 Å². The summed E-state index contributed by atoms with van der Waals surface area (Å²) >= 11 is 0. The number of hydrogen-bond donors (Lipinski definition) is 1. The van der Waals surface area contributed by atoms with Crippen molar-refractivity contribution in [3.05, 3.63) is 23.8 Å². The number of aryl methyl sites for hydroxylation is 1. The molecule has 0 aromatic heterocycles. The molecule has 1 aromatic rings. The van der Waals surface area contributed by atoms with Crippen molar-refractivity contribution in [2.75, 3.05) is 19.1 Å². The number of methoxy groups -OCH3 is 1. The van der Waals surface area contributed by atoms with E-state index >= 15 is 0 Å². The summed E-state index contributed by atoms with van der Waals surface area (Å²) in [6, 6.07) is 6.15. The molecule has 1 aliphatic carbocycles. The zero-order valence-electron chi connectivity index (χ0n) is 11.0. The fourth-order valence-electron chi connectivity index (χ4n) is 2.28. The summed E-state index contributed by atoms with van der Waals surface area (Å²) in [5.41, 5.74) is 2.20. The van der Waals surface area contributed by atoms with Crippen LogP contribution in [0.4, 0.5) is 5.69 Å². The number of nitrogens with zero attached hydrogens (tertiary/aromatic N) is 1. The van der Waals surface area contributed by atoms with Crippen LogP contribution in [0.15, 0.2) is 18.2 Å². The highest BCUT2D eigenvalue weighted by atomic mass is 16.5. The molecule has 0 bridgehead atoms. The Hall–Kier alpha value is -1.71. The summed E-state index contributed by atoms with van der Waals surface area (Å²) in [4.78, 5) is 13.0. The van der Waals surface area contributed by atoms with Crippen molar-refractivity contribution in [1.29, 1.82) is 0 Å². The van der Waals surface area contributed by atoms with Crippen molar-refractivity contribution in [3.63, 3.8) is 0 Å². The molecule has 0 heterocycles. The van der Waals surface area contributed by atoms with Crippen molar-refractivity contribution >= 4 is 11.7 Å². The molecule has 2 atom stereocenters. The first-order valence-electron chi connectivity index (χ1n) is 6.21. The van der Waals surface area contributed by atoms with Crippen LogP contribution < -0.4 is 9.64 Å². The quantitative estimate of drug-likeness (QED) is 0.869. The first-order chi connectivity index (χ1) is 8.58. The van der Waals surface area contributed by atoms with Crippen molar-refractivity contribution in [3.8, 4) is 5.75 Å². The Morgan fingerprint density at radius 1 is 1.56 bits per heavy atom. The third kappa shape index (κ3) is 2.28. The van der Waals surface area contributed by atoms with Gasteiger partial charge in [0.2, 0.25) is 0 Å². The molecule has 0 radical (unpaired) electrons. The minimum atomic E-state index is -0.711. The average molecular weight is 249 g/mol. The van der Waals surface area contributed by atoms with Crippen LogP contribution in [-0.2, 0) is 11.2 Å². The Bertz CT molecular complexity index is 458. The second-order valence-electron chi connectivity index (χ2n) is 4.72. The van der Waals surface area contributed by atoms with Gasteiger partial charge in [-0.25, -0.2) is 0 Å². The van der Waals surface area contributed by atoms with Crippen LogP contribution in [0.5, 0.6) is 5.75 Å². The van der Waals surface area contributed by atoms with E-state index < -0.39 is 5.97 Å². The average Bonchev–Trinajstić information content (AvgIpc) is 3.17. The predicted octanol–water partition coefficient (Wildman–Crippen LogP) is 2.17. The van der Waals surface area contributed by atoms with Crippen LogP contribution >= 0.6 is 0 Å². The van der Waals surface area contributed by atoms with E-state index in [-0.39, 0.29) is 12.0 Å². The van der Waals surface area contributed by atoms with Gasteiger partial charge in [-0.1, -0.05) is 13.0 Å². The van der Waals surface area contributed by atoms with Gasteiger partial charge in [-0.3, -0.25) is 4.79 Å². The van der Waals surface area contributed by atoms with Gasteiger partial charge >= 0.3 is 5.97 Å². The Balaban J connectivity index is 2.23. The molecule has 4 nitrogen and oxygen atoms in total. The van der Waals surface area contributed by atoms with E-state index in [1.807, 2.05) is 24.1 Å². The molecule has 0 amide bonds. The highest BCUT2D eigenvalue weighted by Gasteiger charge is 2.46. The Morgan fingerprint density at radius 3 is 2.78 bits per heavy atom. The minimum absolute atomic E-state index is 0.0866. The van der Waals surface area contributed by atoms with Crippen LogP contribution in [0.2, 0.25) is 0 Å². The van der Waals surface area contributed by atoms with Crippen molar-refractivity contribution in [2.45, 2.75) is 25.8 Å². The summed E-state index contributed by atoms with van der Waals surface area (Å²) in [6.07, 6.45) is 1.67. The number of anilines is 1. The number of carbonyl (C=O) groups is 1. The molecule has 1 fully saturated rings. The van der Waals surface area contributed by atoms with Gasteiger partial charge in [-0.05, 0) is 30.5 Å². The van der Waals surface area contributed by atoms with E-state index in [0.29, 0.717) is 6.42 Å². The summed E-state index contributed by atoms with van der Waals surface area (Å²) < 4.78 is 5.35. The Morgan fingerprint density at radius 2 is 2.28 bits per heavy atom. The van der Waals surface area contributed by atoms with Crippen molar-refractivity contribution < 1.29 is 14.6 Å². The monoisotopic (exact) mass is 249 g/mol. The number of benzene rings is 1. The molecular formula is C14H19NO3. The van der Waals surface area contributed by atoms with Crippen LogP contribution in [0.3, 0.4) is 0 Å². The van der Waals surface area contributed by atoms with Gasteiger partial charge in [0.25, 0.3) is 0 Å². The highest BCUT2D eigenvalue weighted by Crippen LogP contribution is 2.41. The Labute approximate surface area is 107 Å². The van der Waals surface area contributed by atoms with E-state index in [0.717, 1.165) is 17.9 Å². The number of ether oxygens (including phenoxy) is 1. The molecule has 98 valence electrons. The fraction of sp³-hybridized carbons (Fsp3) is 0.500. The van der Waals surface area contributed by atoms with Crippen LogP contribution in [0.1, 0.15) is 18.9 Å². The van der Waals surface area contributed by atoms with Crippen LogP contribution in [-0.4, -0.2) is 31.3 Å². The lowest BCUT2D eigenvalue weighted by atomic mass is 10.1. The fourth-order valence-corrected chi connectivity index (χ4v) is 2.28. The summed E-state index contributed by atoms with van der Waals surface area (Å²) in [5, 5.41) is 8.99. The second kappa shape index (κ2) is 4.88. The maximum absolute atomic E-state index is 10.9. The molecule has 0 aliphatic heterocycles. The molecule has 0 spiro atoms. The number of aliphatic carboxylic acids is 1. The first-order valence-corrected chi connectivity index (χ1v) is 6.21. The SMILES string of the molecule is CCc1ccc(OC)c(N(C)C2CC2C(=O)O)c1. The molecule has 18 heavy (non-hydrogen) atoms. The summed E-state index contributed by atoms with van der Waals surface area (Å²) in [6.45, 7) is 2.10. The Kier molecular flexibility index (Phi) is 3.45. The lowest BCUT2D eigenvalue weighted by molar-refractivity contribution is -0.138. The van der Waals surface area contributed by atoms with E-state index in [2.05, 4.69) is 13.0 Å². The van der Waals surface area contributed by atoms with E-state index in [9.17, 15) is 4.79 Å². The normalized spacial score (nSPS) is 21.5. The smallest absolute Gasteiger partial charge is 0.308 e. The molecule has 2 rings (SSSR count). The molecule has 1 aliphatic rings. The van der Waals surface area contributed by atoms with Gasteiger partial charge < -0.3 is 14.7 Å². The standard InChI is InChI=1S/C14H19NO3/c1-4-9-5-6-13(18-3)12(7-9)15(2)11-8-10(11)14(16)17/h5-7,10-11H,4,8H2,1-3H3,(H,16,17). The van der Waals surface area contributed by atoms with Crippen molar-refractivity contribution in [1.82, 2.24) is 0 Å². The third-order valence-corrected chi connectivity index (χ3v) is 3.60. The predicted molar refractivity (Wildman–Crippen MR) is 70.3 cm³/mol. The summed E-state index contributed by atoms with van der Waals surface area (Å²) in [5.74, 6) is -0.159. The highest BCUT2D eigenvalue weighted by molar-refractivity contribution is 5.76. The topological polar surface area (TPSA) is 49.8 Å². The first kappa shape index (κ1) is 12.7. The molecular weight excluding hydrogens is 230 g/mol. The van der Waals surface area contributed by atoms with Gasteiger partial charge in [0.05, 0.1) is 18.7 Å². The lowest BCUT2D eigenvalue weighted by Crippen LogP contribution is -2.24. The van der Waals surface area contributed by atoms with Crippen LogP contribution in [0, 0.1) is 5.92 Å².